The summed E-state index contributed by atoms with van der Waals surface area (Å²) in [6, 6.07) is 0. The lowest BCUT2D eigenvalue weighted by Crippen LogP contribution is -2.14. The van der Waals surface area contributed by atoms with Crippen molar-refractivity contribution in [2.75, 3.05) is 12.5 Å². The smallest absolute Gasteiger partial charge is 0.319 e. The number of ether oxygens (including phenoxy) is 1. The van der Waals surface area contributed by atoms with Crippen LogP contribution in [0.4, 0.5) is 0 Å². The number of alkyl halides is 2. The maximum atomic E-state index is 10.6. The average molecular weight is 215 g/mol. The van der Waals surface area contributed by atoms with Gasteiger partial charge in [0, 0.05) is 0 Å². The molecule has 0 aliphatic carbocycles. The van der Waals surface area contributed by atoms with Crippen LogP contribution in [0.25, 0.3) is 0 Å². The van der Waals surface area contributed by atoms with Gasteiger partial charge in [-0.15, -0.1) is 11.6 Å². The summed E-state index contributed by atoms with van der Waals surface area (Å²) in [7, 11) is 0. The lowest BCUT2D eigenvalue weighted by atomic mass is 10.5. The second-order valence-electron chi connectivity index (χ2n) is 1.47. The molecule has 0 unspecified atom stereocenters. The Hall–Kier alpha value is 0.240. The predicted octanol–water partition coefficient (Wildman–Crippen LogP) is 1.55. The van der Waals surface area contributed by atoms with Crippen LogP contribution in [0.2, 0.25) is 0 Å². The van der Waals surface area contributed by atoms with E-state index >= 15 is 0 Å². The fourth-order valence-corrected chi connectivity index (χ4v) is 0.463. The summed E-state index contributed by atoms with van der Waals surface area (Å²) in [5, 5.41) is 0. The average Bonchev–Trinajstić information content (AvgIpc) is 1.82. The van der Waals surface area contributed by atoms with Crippen LogP contribution >= 0.6 is 27.5 Å². The SMILES string of the molecule is C[C@H](Br)C(=O)OCCCl. The first-order valence-corrected chi connectivity index (χ1v) is 4.00. The van der Waals surface area contributed by atoms with Crippen LogP contribution < -0.4 is 0 Å². The standard InChI is InChI=1S/C5H8BrClO2/c1-4(6)5(8)9-3-2-7/h4H,2-3H2,1H3/t4-/m0/s1. The van der Waals surface area contributed by atoms with E-state index in [1.165, 1.54) is 0 Å². The van der Waals surface area contributed by atoms with Gasteiger partial charge in [0.2, 0.25) is 0 Å². The number of hydrogen-bond donors (Lipinski definition) is 0. The van der Waals surface area contributed by atoms with Crippen LogP contribution in [0.1, 0.15) is 6.92 Å². The van der Waals surface area contributed by atoms with Crippen LogP contribution in [0.5, 0.6) is 0 Å². The zero-order valence-electron chi connectivity index (χ0n) is 5.06. The molecule has 0 aromatic rings. The summed E-state index contributed by atoms with van der Waals surface area (Å²) in [5.41, 5.74) is 0. The van der Waals surface area contributed by atoms with E-state index in [2.05, 4.69) is 20.7 Å². The third kappa shape index (κ3) is 4.73. The molecule has 4 heteroatoms. The van der Waals surface area contributed by atoms with E-state index in [0.29, 0.717) is 5.88 Å². The third-order valence-electron chi connectivity index (χ3n) is 0.646. The minimum atomic E-state index is -0.268. The maximum absolute atomic E-state index is 10.6. The van der Waals surface area contributed by atoms with Gasteiger partial charge in [-0.2, -0.15) is 0 Å². The fourth-order valence-electron chi connectivity index (χ4n) is 0.254. The van der Waals surface area contributed by atoms with Crippen molar-refractivity contribution in [1.82, 2.24) is 0 Å². The lowest BCUT2D eigenvalue weighted by molar-refractivity contribution is -0.141. The minimum Gasteiger partial charge on any atom is -0.464 e. The number of rotatable bonds is 3. The van der Waals surface area contributed by atoms with E-state index in [0.717, 1.165) is 0 Å². The topological polar surface area (TPSA) is 26.3 Å². The number of halogens is 2. The number of hydrogen-bond acceptors (Lipinski definition) is 2. The van der Waals surface area contributed by atoms with Crippen LogP contribution in [0.3, 0.4) is 0 Å². The number of carbonyl (C=O) groups excluding carboxylic acids is 1. The molecule has 2 nitrogen and oxygen atoms in total. The van der Waals surface area contributed by atoms with Gasteiger partial charge >= 0.3 is 5.97 Å². The van der Waals surface area contributed by atoms with Crippen LogP contribution in [0.15, 0.2) is 0 Å². The molecule has 0 aromatic heterocycles. The fraction of sp³-hybridized carbons (Fsp3) is 0.800. The molecule has 1 atom stereocenters. The van der Waals surface area contributed by atoms with Gasteiger partial charge in [0.1, 0.15) is 11.4 Å². The number of esters is 1. The third-order valence-corrected chi connectivity index (χ3v) is 1.17. The summed E-state index contributed by atoms with van der Waals surface area (Å²) in [5.74, 6) is 0.0847. The molecule has 0 saturated heterocycles. The largest absolute Gasteiger partial charge is 0.464 e. The van der Waals surface area contributed by atoms with Crippen molar-refractivity contribution in [3.63, 3.8) is 0 Å². The van der Waals surface area contributed by atoms with Crippen LogP contribution in [-0.2, 0) is 9.53 Å². The van der Waals surface area contributed by atoms with E-state index in [9.17, 15) is 4.79 Å². The van der Waals surface area contributed by atoms with E-state index in [1.54, 1.807) is 6.92 Å². The molecular weight excluding hydrogens is 207 g/mol. The summed E-state index contributed by atoms with van der Waals surface area (Å²) in [6.45, 7) is 1.99. The highest BCUT2D eigenvalue weighted by Gasteiger charge is 2.08. The molecule has 0 saturated carbocycles. The molecule has 0 bridgehead atoms. The highest BCUT2D eigenvalue weighted by atomic mass is 79.9. The molecule has 0 N–H and O–H groups in total. The van der Waals surface area contributed by atoms with Gasteiger partial charge in [-0.05, 0) is 6.92 Å². The quantitative estimate of drug-likeness (QED) is 0.527. The Bertz CT molecular complexity index is 95.0. The number of carbonyl (C=O) groups is 1. The zero-order chi connectivity index (χ0) is 7.28. The second kappa shape index (κ2) is 5.06. The van der Waals surface area contributed by atoms with E-state index in [4.69, 9.17) is 11.6 Å². The molecule has 0 heterocycles. The van der Waals surface area contributed by atoms with Gasteiger partial charge < -0.3 is 4.74 Å². The first kappa shape index (κ1) is 9.24. The van der Waals surface area contributed by atoms with Crippen molar-refractivity contribution in [1.29, 1.82) is 0 Å². The Morgan fingerprint density at radius 1 is 1.89 bits per heavy atom. The van der Waals surface area contributed by atoms with E-state index < -0.39 is 0 Å². The summed E-state index contributed by atoms with van der Waals surface area (Å²) >= 11 is 8.31. The van der Waals surface area contributed by atoms with Crippen molar-refractivity contribution in [3.05, 3.63) is 0 Å². The minimum absolute atomic E-state index is 0.235. The Morgan fingerprint density at radius 2 is 2.44 bits per heavy atom. The van der Waals surface area contributed by atoms with Crippen LogP contribution in [-0.4, -0.2) is 23.3 Å². The van der Waals surface area contributed by atoms with Crippen molar-refractivity contribution in [2.24, 2.45) is 0 Å². The summed E-state index contributed by atoms with van der Waals surface area (Å²) in [6.07, 6.45) is 0. The van der Waals surface area contributed by atoms with Gasteiger partial charge in [0.15, 0.2) is 0 Å². The molecule has 0 aliphatic rings. The van der Waals surface area contributed by atoms with Gasteiger partial charge in [0.25, 0.3) is 0 Å². The monoisotopic (exact) mass is 214 g/mol. The van der Waals surface area contributed by atoms with Crippen molar-refractivity contribution in [2.45, 2.75) is 11.8 Å². The molecule has 0 aliphatic heterocycles. The Balaban J connectivity index is 3.28. The predicted molar refractivity (Wildman–Crippen MR) is 40.1 cm³/mol. The molecule has 9 heavy (non-hydrogen) atoms. The highest BCUT2D eigenvalue weighted by molar-refractivity contribution is 9.10. The molecule has 0 aromatic carbocycles. The summed E-state index contributed by atoms with van der Waals surface area (Å²) < 4.78 is 4.63. The normalized spacial score (nSPS) is 12.8. The first-order chi connectivity index (χ1) is 4.18. The van der Waals surface area contributed by atoms with Crippen molar-refractivity contribution < 1.29 is 9.53 Å². The molecule has 0 spiro atoms. The highest BCUT2D eigenvalue weighted by Crippen LogP contribution is 1.99. The molecule has 54 valence electrons. The molecule has 0 fully saturated rings. The Kier molecular flexibility index (Phi) is 5.19. The second-order valence-corrected chi connectivity index (χ2v) is 3.22. The van der Waals surface area contributed by atoms with E-state index in [1.807, 2.05) is 0 Å². The van der Waals surface area contributed by atoms with Crippen LogP contribution in [0, 0.1) is 0 Å². The Morgan fingerprint density at radius 3 is 2.78 bits per heavy atom. The Labute approximate surface area is 67.6 Å². The van der Waals surface area contributed by atoms with Gasteiger partial charge in [-0.25, -0.2) is 0 Å². The maximum Gasteiger partial charge on any atom is 0.319 e. The first-order valence-electron chi connectivity index (χ1n) is 2.55. The molecular formula is C5H8BrClO2. The molecule has 0 rings (SSSR count). The van der Waals surface area contributed by atoms with Gasteiger partial charge in [-0.1, -0.05) is 15.9 Å². The van der Waals surface area contributed by atoms with E-state index in [-0.39, 0.29) is 17.4 Å². The van der Waals surface area contributed by atoms with Crippen molar-refractivity contribution in [3.8, 4) is 0 Å². The van der Waals surface area contributed by atoms with Gasteiger partial charge in [-0.3, -0.25) is 4.79 Å². The molecule has 0 radical (unpaired) electrons. The van der Waals surface area contributed by atoms with Crippen molar-refractivity contribution >= 4 is 33.5 Å². The lowest BCUT2D eigenvalue weighted by Gasteiger charge is -2.01. The summed E-state index contributed by atoms with van der Waals surface area (Å²) in [4.78, 5) is 10.3. The molecule has 0 amide bonds. The van der Waals surface area contributed by atoms with Gasteiger partial charge in [0.05, 0.1) is 5.88 Å². The zero-order valence-corrected chi connectivity index (χ0v) is 7.41.